The van der Waals surface area contributed by atoms with Crippen LogP contribution in [-0.2, 0) is 20.9 Å². The van der Waals surface area contributed by atoms with E-state index in [1.165, 1.54) is 23.9 Å². The van der Waals surface area contributed by atoms with Crippen LogP contribution in [0.1, 0.15) is 44.4 Å². The van der Waals surface area contributed by atoms with Gasteiger partial charge < -0.3 is 15.0 Å². The highest BCUT2D eigenvalue weighted by molar-refractivity contribution is 8.16. The molecule has 1 aromatic carbocycles. The third-order valence-electron chi connectivity index (χ3n) is 5.56. The third-order valence-corrected chi connectivity index (χ3v) is 6.45. The average Bonchev–Trinajstić information content (AvgIpc) is 3.23. The zero-order chi connectivity index (χ0) is 25.8. The Bertz CT molecular complexity index is 1270. The molecule has 186 valence electrons. The van der Waals surface area contributed by atoms with Crippen molar-refractivity contribution in [2.24, 2.45) is 4.99 Å². The maximum Gasteiger partial charge on any atom is 0.338 e. The number of rotatable bonds is 8. The van der Waals surface area contributed by atoms with Crippen molar-refractivity contribution < 1.29 is 19.2 Å². The first kappa shape index (κ1) is 25.1. The standard InChI is InChI=1S/C25H25N5O5S/c1-15(2)35-24(32)22-16(3)28-25-29(23(22)18-4-6-19(7-5-18)30(33)34)20(14-36-25)12-21(31)27-13-17-8-10-26-11-9-17/h4-11,14-15,23H,12-13H2,1-3H3,(H,27,31)/t23-/m0/s1. The summed E-state index contributed by atoms with van der Waals surface area (Å²) >= 11 is 1.36. The molecule has 0 saturated heterocycles. The Labute approximate surface area is 212 Å². The molecule has 0 saturated carbocycles. The number of esters is 1. The van der Waals surface area contributed by atoms with Crippen LogP contribution in [0.2, 0.25) is 0 Å². The Morgan fingerprint density at radius 3 is 2.53 bits per heavy atom. The van der Waals surface area contributed by atoms with Gasteiger partial charge in [0.05, 0.1) is 34.8 Å². The molecule has 0 spiro atoms. The minimum Gasteiger partial charge on any atom is -0.459 e. The van der Waals surface area contributed by atoms with Crippen molar-refractivity contribution in [2.75, 3.05) is 0 Å². The molecule has 1 N–H and O–H groups in total. The highest BCUT2D eigenvalue weighted by Gasteiger charge is 2.41. The second-order valence-corrected chi connectivity index (χ2v) is 9.34. The summed E-state index contributed by atoms with van der Waals surface area (Å²) in [5, 5.41) is 16.5. The normalized spacial score (nSPS) is 16.9. The Balaban J connectivity index is 1.63. The number of ether oxygens (including phenoxy) is 1. The van der Waals surface area contributed by atoms with E-state index in [-0.39, 0.29) is 24.1 Å². The number of nitrogens with zero attached hydrogens (tertiary/aromatic N) is 4. The number of thioether (sulfide) groups is 1. The molecule has 2 aromatic rings. The molecular weight excluding hydrogens is 482 g/mol. The number of nitro groups is 1. The number of amidine groups is 1. The van der Waals surface area contributed by atoms with Crippen LogP contribution in [0.4, 0.5) is 5.69 Å². The van der Waals surface area contributed by atoms with Crippen molar-refractivity contribution >= 4 is 34.5 Å². The minimum atomic E-state index is -0.654. The molecular formula is C25H25N5O5S. The number of amides is 1. The number of benzene rings is 1. The first-order valence-corrected chi connectivity index (χ1v) is 12.2. The number of nitro benzene ring substituents is 1. The fraction of sp³-hybridized carbons (Fsp3) is 0.280. The van der Waals surface area contributed by atoms with Crippen molar-refractivity contribution in [2.45, 2.75) is 45.9 Å². The van der Waals surface area contributed by atoms with Crippen molar-refractivity contribution in [3.63, 3.8) is 0 Å². The van der Waals surface area contributed by atoms with Crippen molar-refractivity contribution in [1.29, 1.82) is 0 Å². The summed E-state index contributed by atoms with van der Waals surface area (Å²) in [4.78, 5) is 47.1. The van der Waals surface area contributed by atoms with Crippen LogP contribution in [0, 0.1) is 10.1 Å². The topological polar surface area (TPSA) is 127 Å². The Hall–Kier alpha value is -3.99. The predicted octanol–water partition coefficient (Wildman–Crippen LogP) is 4.22. The zero-order valence-corrected chi connectivity index (χ0v) is 20.8. The first-order chi connectivity index (χ1) is 17.2. The highest BCUT2D eigenvalue weighted by Crippen LogP contribution is 2.45. The maximum absolute atomic E-state index is 13.2. The number of non-ortho nitro benzene ring substituents is 1. The van der Waals surface area contributed by atoms with Crippen LogP contribution in [0.3, 0.4) is 0 Å². The molecule has 10 nitrogen and oxygen atoms in total. The zero-order valence-electron chi connectivity index (χ0n) is 20.0. The number of aromatic nitrogens is 1. The van der Waals surface area contributed by atoms with Gasteiger partial charge in [-0.15, -0.1) is 0 Å². The molecule has 0 unspecified atom stereocenters. The van der Waals surface area contributed by atoms with Crippen LogP contribution in [-0.4, -0.2) is 38.0 Å². The van der Waals surface area contributed by atoms with Gasteiger partial charge in [-0.05, 0) is 61.6 Å². The van der Waals surface area contributed by atoms with Crippen LogP contribution in [0.25, 0.3) is 0 Å². The van der Waals surface area contributed by atoms with E-state index >= 15 is 0 Å². The lowest BCUT2D eigenvalue weighted by atomic mass is 9.93. The fourth-order valence-corrected chi connectivity index (χ4v) is 4.89. The molecule has 2 aliphatic rings. The number of nitrogens with one attached hydrogen (secondary N) is 1. The number of aliphatic imine (C=N–C) groups is 1. The van der Waals surface area contributed by atoms with E-state index in [4.69, 9.17) is 4.74 Å². The molecule has 0 fully saturated rings. The summed E-state index contributed by atoms with van der Waals surface area (Å²) in [7, 11) is 0. The SMILES string of the molecule is CC1=C(C(=O)OC(C)C)[C@H](c2ccc([N+](=O)[O-])cc2)N2C(CC(=O)NCc3ccncc3)=CSC2=N1. The van der Waals surface area contributed by atoms with E-state index in [0.29, 0.717) is 34.2 Å². The maximum atomic E-state index is 13.2. The van der Waals surface area contributed by atoms with Gasteiger partial charge in [0.1, 0.15) is 0 Å². The molecule has 11 heteroatoms. The predicted molar refractivity (Wildman–Crippen MR) is 135 cm³/mol. The molecule has 0 aliphatic carbocycles. The van der Waals surface area contributed by atoms with Gasteiger partial charge in [-0.3, -0.25) is 19.9 Å². The monoisotopic (exact) mass is 507 g/mol. The molecule has 4 rings (SSSR count). The van der Waals surface area contributed by atoms with Gasteiger partial charge in [0.2, 0.25) is 5.91 Å². The molecule has 1 amide bonds. The van der Waals surface area contributed by atoms with E-state index < -0.39 is 16.9 Å². The van der Waals surface area contributed by atoms with Crippen LogP contribution in [0.15, 0.2) is 76.2 Å². The molecule has 2 aliphatic heterocycles. The summed E-state index contributed by atoms with van der Waals surface area (Å²) in [6, 6.07) is 9.03. The quantitative estimate of drug-likeness (QED) is 0.320. The minimum absolute atomic E-state index is 0.0579. The summed E-state index contributed by atoms with van der Waals surface area (Å²) < 4.78 is 5.51. The number of carbonyl (C=O) groups is 2. The highest BCUT2D eigenvalue weighted by atomic mass is 32.2. The summed E-state index contributed by atoms with van der Waals surface area (Å²) in [6.07, 6.45) is 3.04. The summed E-state index contributed by atoms with van der Waals surface area (Å²) in [5.74, 6) is -0.716. The van der Waals surface area contributed by atoms with Crippen molar-refractivity contribution in [1.82, 2.24) is 15.2 Å². The van der Waals surface area contributed by atoms with Gasteiger partial charge in [-0.2, -0.15) is 0 Å². The number of pyridine rings is 1. The van der Waals surface area contributed by atoms with Gasteiger partial charge in [0, 0.05) is 36.8 Å². The molecule has 1 aromatic heterocycles. The molecule has 1 atom stereocenters. The van der Waals surface area contributed by atoms with E-state index in [9.17, 15) is 19.7 Å². The van der Waals surface area contributed by atoms with E-state index in [1.54, 1.807) is 45.3 Å². The van der Waals surface area contributed by atoms with Gasteiger partial charge in [0.25, 0.3) is 5.69 Å². The summed E-state index contributed by atoms with van der Waals surface area (Å²) in [6.45, 7) is 5.62. The number of hydrogen-bond donors (Lipinski definition) is 1. The van der Waals surface area contributed by atoms with Crippen molar-refractivity contribution in [3.8, 4) is 0 Å². The Morgan fingerprint density at radius 2 is 1.89 bits per heavy atom. The van der Waals surface area contributed by atoms with Gasteiger partial charge >= 0.3 is 5.97 Å². The number of carbonyl (C=O) groups excluding carboxylic acids is 2. The number of fused-ring (bicyclic) bond motifs is 1. The van der Waals surface area contributed by atoms with E-state index in [2.05, 4.69) is 15.3 Å². The third kappa shape index (κ3) is 5.46. The lowest BCUT2D eigenvalue weighted by Crippen LogP contribution is -2.38. The number of hydrogen-bond acceptors (Lipinski definition) is 9. The van der Waals surface area contributed by atoms with E-state index in [1.807, 2.05) is 22.4 Å². The Morgan fingerprint density at radius 1 is 1.19 bits per heavy atom. The van der Waals surface area contributed by atoms with Crippen LogP contribution >= 0.6 is 11.8 Å². The fourth-order valence-electron chi connectivity index (χ4n) is 3.93. The van der Waals surface area contributed by atoms with E-state index in [0.717, 1.165) is 5.56 Å². The summed E-state index contributed by atoms with van der Waals surface area (Å²) in [5.41, 5.74) is 3.00. The van der Waals surface area contributed by atoms with Gasteiger partial charge in [0.15, 0.2) is 5.17 Å². The average molecular weight is 508 g/mol. The largest absolute Gasteiger partial charge is 0.459 e. The van der Waals surface area contributed by atoms with Gasteiger partial charge in [-0.1, -0.05) is 11.8 Å². The smallest absolute Gasteiger partial charge is 0.338 e. The van der Waals surface area contributed by atoms with Crippen LogP contribution < -0.4 is 5.32 Å². The second kappa shape index (κ2) is 10.7. The first-order valence-electron chi connectivity index (χ1n) is 11.3. The van der Waals surface area contributed by atoms with Crippen LogP contribution in [0.5, 0.6) is 0 Å². The Kier molecular flexibility index (Phi) is 7.49. The van der Waals surface area contributed by atoms with Crippen molar-refractivity contribution in [3.05, 3.63) is 92.4 Å². The lowest BCUT2D eigenvalue weighted by Gasteiger charge is -2.36. The van der Waals surface area contributed by atoms with Gasteiger partial charge in [-0.25, -0.2) is 9.79 Å². The lowest BCUT2D eigenvalue weighted by molar-refractivity contribution is -0.384. The molecule has 3 heterocycles. The molecule has 36 heavy (non-hydrogen) atoms. The molecule has 0 bridgehead atoms. The molecule has 0 radical (unpaired) electrons. The second-order valence-electron chi connectivity index (χ2n) is 8.50. The number of allylic oxidation sites excluding steroid dienone is 1.